The molecule has 1 amide bonds. The van der Waals surface area contributed by atoms with Crippen molar-refractivity contribution in [3.63, 3.8) is 0 Å². The van der Waals surface area contributed by atoms with Gasteiger partial charge in [0.1, 0.15) is 0 Å². The normalized spacial score (nSPS) is 16.1. The lowest BCUT2D eigenvalue weighted by Crippen LogP contribution is -2.48. The Hall–Kier alpha value is -1.64. The van der Waals surface area contributed by atoms with Crippen LogP contribution in [0.25, 0.3) is 0 Å². The first-order valence-corrected chi connectivity index (χ1v) is 11.0. The molecule has 150 valence electrons. The van der Waals surface area contributed by atoms with Crippen LogP contribution in [-0.4, -0.2) is 49.7 Å². The molecule has 28 heavy (non-hydrogen) atoms. The maximum absolute atomic E-state index is 12.9. The van der Waals surface area contributed by atoms with Gasteiger partial charge in [0.2, 0.25) is 15.9 Å². The highest BCUT2D eigenvalue weighted by Crippen LogP contribution is 2.24. The Balaban J connectivity index is 1.62. The Morgan fingerprint density at radius 1 is 1.04 bits per heavy atom. The highest BCUT2D eigenvalue weighted by atomic mass is 35.5. The van der Waals surface area contributed by atoms with E-state index < -0.39 is 10.0 Å². The molecule has 0 aliphatic carbocycles. The minimum absolute atomic E-state index is 0.201. The van der Waals surface area contributed by atoms with Gasteiger partial charge < -0.3 is 5.32 Å². The molecule has 1 aliphatic rings. The van der Waals surface area contributed by atoms with Gasteiger partial charge in [0, 0.05) is 55.4 Å². The third-order valence-electron chi connectivity index (χ3n) is 4.55. The molecule has 1 aliphatic heterocycles. The van der Waals surface area contributed by atoms with E-state index in [1.165, 1.54) is 23.4 Å². The number of halogens is 2. The Morgan fingerprint density at radius 3 is 2.25 bits per heavy atom. The number of amides is 1. The smallest absolute Gasteiger partial charge is 0.243 e. The standard InChI is InChI=1S/C19H21Cl2N3O3S/c1-14(25)22-17-4-6-18(7-5-17)28(26,27)24-10-8-23(9-11-24)13-15-2-3-16(20)12-19(15)21/h2-7,12H,8-11,13H2,1H3,(H,22,25). The average molecular weight is 442 g/mol. The van der Waals surface area contributed by atoms with Gasteiger partial charge in [-0.05, 0) is 42.0 Å². The van der Waals surface area contributed by atoms with E-state index in [2.05, 4.69) is 10.2 Å². The van der Waals surface area contributed by atoms with Gasteiger partial charge in [0.25, 0.3) is 0 Å². The molecule has 9 heteroatoms. The molecule has 0 saturated carbocycles. The zero-order valence-corrected chi connectivity index (χ0v) is 17.7. The van der Waals surface area contributed by atoms with Crippen molar-refractivity contribution in [1.82, 2.24) is 9.21 Å². The zero-order chi connectivity index (χ0) is 20.3. The summed E-state index contributed by atoms with van der Waals surface area (Å²) in [6, 6.07) is 11.6. The van der Waals surface area contributed by atoms with Crippen LogP contribution in [0, 0.1) is 0 Å². The number of hydrogen-bond donors (Lipinski definition) is 1. The van der Waals surface area contributed by atoms with E-state index in [0.29, 0.717) is 48.5 Å². The van der Waals surface area contributed by atoms with Crippen LogP contribution in [0.4, 0.5) is 5.69 Å². The number of benzene rings is 2. The van der Waals surface area contributed by atoms with Crippen LogP contribution >= 0.6 is 23.2 Å². The van der Waals surface area contributed by atoms with Crippen LogP contribution in [-0.2, 0) is 21.4 Å². The van der Waals surface area contributed by atoms with Gasteiger partial charge in [-0.25, -0.2) is 8.42 Å². The Kier molecular flexibility index (Phi) is 6.62. The topological polar surface area (TPSA) is 69.7 Å². The molecular weight excluding hydrogens is 421 g/mol. The fraction of sp³-hybridized carbons (Fsp3) is 0.316. The van der Waals surface area contributed by atoms with Crippen molar-refractivity contribution in [2.75, 3.05) is 31.5 Å². The van der Waals surface area contributed by atoms with Gasteiger partial charge in [-0.3, -0.25) is 9.69 Å². The van der Waals surface area contributed by atoms with Crippen LogP contribution in [0.15, 0.2) is 47.4 Å². The molecule has 0 atom stereocenters. The second-order valence-electron chi connectivity index (χ2n) is 6.62. The summed E-state index contributed by atoms with van der Waals surface area (Å²) in [7, 11) is -3.57. The van der Waals surface area contributed by atoms with Gasteiger partial charge in [-0.1, -0.05) is 29.3 Å². The van der Waals surface area contributed by atoms with E-state index in [-0.39, 0.29) is 10.8 Å². The number of sulfonamides is 1. The predicted octanol–water partition coefficient (Wildman–Crippen LogP) is 3.46. The van der Waals surface area contributed by atoms with Gasteiger partial charge in [0.15, 0.2) is 0 Å². The lowest BCUT2D eigenvalue weighted by atomic mass is 10.2. The van der Waals surface area contributed by atoms with E-state index in [1.807, 2.05) is 6.07 Å². The molecule has 1 fully saturated rings. The summed E-state index contributed by atoms with van der Waals surface area (Å²) in [4.78, 5) is 13.5. The molecule has 6 nitrogen and oxygen atoms in total. The maximum atomic E-state index is 12.9. The minimum atomic E-state index is -3.57. The Bertz CT molecular complexity index is 957. The number of nitrogens with zero attached hydrogens (tertiary/aromatic N) is 2. The fourth-order valence-electron chi connectivity index (χ4n) is 3.08. The third-order valence-corrected chi connectivity index (χ3v) is 7.05. The molecule has 1 saturated heterocycles. The quantitative estimate of drug-likeness (QED) is 0.770. The summed E-state index contributed by atoms with van der Waals surface area (Å²) < 4.78 is 27.2. The van der Waals surface area contributed by atoms with Gasteiger partial charge in [0.05, 0.1) is 4.90 Å². The number of anilines is 1. The number of carbonyl (C=O) groups is 1. The first kappa shape index (κ1) is 21.1. The number of nitrogens with one attached hydrogen (secondary N) is 1. The van der Waals surface area contributed by atoms with Crippen LogP contribution in [0.5, 0.6) is 0 Å². The van der Waals surface area contributed by atoms with Crippen molar-refractivity contribution in [3.8, 4) is 0 Å². The van der Waals surface area contributed by atoms with E-state index in [1.54, 1.807) is 24.3 Å². The molecule has 0 aromatic heterocycles. The first-order chi connectivity index (χ1) is 13.3. The molecule has 1 N–H and O–H groups in total. The van der Waals surface area contributed by atoms with Crippen molar-refractivity contribution >= 4 is 44.8 Å². The fourth-order valence-corrected chi connectivity index (χ4v) is 4.97. The second kappa shape index (κ2) is 8.80. The molecule has 3 rings (SSSR count). The highest BCUT2D eigenvalue weighted by Gasteiger charge is 2.28. The summed E-state index contributed by atoms with van der Waals surface area (Å²) in [5.41, 5.74) is 1.53. The van der Waals surface area contributed by atoms with Gasteiger partial charge in [-0.2, -0.15) is 4.31 Å². The van der Waals surface area contributed by atoms with E-state index in [0.717, 1.165) is 5.56 Å². The molecular formula is C19H21Cl2N3O3S. The lowest BCUT2D eigenvalue weighted by molar-refractivity contribution is -0.114. The molecule has 0 radical (unpaired) electrons. The first-order valence-electron chi connectivity index (χ1n) is 8.80. The van der Waals surface area contributed by atoms with E-state index in [9.17, 15) is 13.2 Å². The highest BCUT2D eigenvalue weighted by molar-refractivity contribution is 7.89. The largest absolute Gasteiger partial charge is 0.326 e. The van der Waals surface area contributed by atoms with E-state index >= 15 is 0 Å². The SMILES string of the molecule is CC(=O)Nc1ccc(S(=O)(=O)N2CCN(Cc3ccc(Cl)cc3Cl)CC2)cc1. The van der Waals surface area contributed by atoms with Crippen LogP contribution in [0.1, 0.15) is 12.5 Å². The van der Waals surface area contributed by atoms with Crippen molar-refractivity contribution in [2.45, 2.75) is 18.4 Å². The molecule has 0 unspecified atom stereocenters. The summed E-state index contributed by atoms with van der Waals surface area (Å²) in [5.74, 6) is -0.201. The van der Waals surface area contributed by atoms with Crippen LogP contribution < -0.4 is 5.32 Å². The summed E-state index contributed by atoms with van der Waals surface area (Å²) in [5, 5.41) is 3.83. The van der Waals surface area contributed by atoms with Crippen molar-refractivity contribution in [2.24, 2.45) is 0 Å². The zero-order valence-electron chi connectivity index (χ0n) is 15.4. The molecule has 2 aromatic rings. The van der Waals surface area contributed by atoms with Gasteiger partial charge >= 0.3 is 0 Å². The Labute approximate surface area is 175 Å². The monoisotopic (exact) mass is 441 g/mol. The van der Waals surface area contributed by atoms with Crippen molar-refractivity contribution in [1.29, 1.82) is 0 Å². The van der Waals surface area contributed by atoms with Crippen molar-refractivity contribution < 1.29 is 13.2 Å². The average Bonchev–Trinajstić information content (AvgIpc) is 2.64. The lowest BCUT2D eigenvalue weighted by Gasteiger charge is -2.34. The second-order valence-corrected chi connectivity index (χ2v) is 9.40. The summed E-state index contributed by atoms with van der Waals surface area (Å²) in [6.07, 6.45) is 0. The van der Waals surface area contributed by atoms with Crippen molar-refractivity contribution in [3.05, 3.63) is 58.1 Å². The van der Waals surface area contributed by atoms with E-state index in [4.69, 9.17) is 23.2 Å². The predicted molar refractivity (Wildman–Crippen MR) is 111 cm³/mol. The maximum Gasteiger partial charge on any atom is 0.243 e. The minimum Gasteiger partial charge on any atom is -0.326 e. The number of rotatable bonds is 5. The van der Waals surface area contributed by atoms with Gasteiger partial charge in [-0.15, -0.1) is 0 Å². The third kappa shape index (κ3) is 5.04. The summed E-state index contributed by atoms with van der Waals surface area (Å²) in [6.45, 7) is 4.09. The molecule has 2 aromatic carbocycles. The Morgan fingerprint density at radius 2 is 1.68 bits per heavy atom. The number of hydrogen-bond acceptors (Lipinski definition) is 4. The molecule has 0 bridgehead atoms. The van der Waals surface area contributed by atoms with Crippen LogP contribution in [0.2, 0.25) is 10.0 Å². The molecule has 1 heterocycles. The number of carbonyl (C=O) groups excluding carboxylic acids is 1. The van der Waals surface area contributed by atoms with Crippen LogP contribution in [0.3, 0.4) is 0 Å². The molecule has 0 spiro atoms. The summed E-state index contributed by atoms with van der Waals surface area (Å²) >= 11 is 12.2. The number of piperazine rings is 1.